The molecule has 0 bridgehead atoms. The first kappa shape index (κ1) is 22.8. The van der Waals surface area contributed by atoms with Gasteiger partial charge in [0.05, 0.1) is 17.5 Å². The highest BCUT2D eigenvalue weighted by Gasteiger charge is 2.29. The average molecular weight is 428 g/mol. The number of hydrogen-bond acceptors (Lipinski definition) is 5. The zero-order valence-electron chi connectivity index (χ0n) is 19.2. The molecule has 2 amide bonds. The fraction of sp³-hybridized carbons (Fsp3) is 0.565. The van der Waals surface area contributed by atoms with Crippen LogP contribution in [0.4, 0.5) is 4.79 Å². The predicted molar refractivity (Wildman–Crippen MR) is 118 cm³/mol. The molecular weight excluding hydrogens is 394 g/mol. The van der Waals surface area contributed by atoms with E-state index < -0.39 is 5.60 Å². The van der Waals surface area contributed by atoms with Gasteiger partial charge in [-0.25, -0.2) is 14.5 Å². The largest absolute Gasteiger partial charge is 0.444 e. The Balaban J connectivity index is 1.60. The third kappa shape index (κ3) is 5.62. The molecule has 3 heterocycles. The van der Waals surface area contributed by atoms with Crippen molar-refractivity contribution in [3.8, 4) is 5.82 Å². The van der Waals surface area contributed by atoms with E-state index in [2.05, 4.69) is 10.1 Å². The summed E-state index contributed by atoms with van der Waals surface area (Å²) in [5.41, 5.74) is 1.01. The highest BCUT2D eigenvalue weighted by atomic mass is 16.6. The Kier molecular flexibility index (Phi) is 6.97. The van der Waals surface area contributed by atoms with Crippen molar-refractivity contribution in [3.05, 3.63) is 41.9 Å². The maximum Gasteiger partial charge on any atom is 0.410 e. The molecule has 31 heavy (non-hydrogen) atoms. The van der Waals surface area contributed by atoms with Crippen molar-refractivity contribution in [2.24, 2.45) is 5.92 Å². The standard InChI is InChI=1S/C23H33N5O3/c1-6-19-18(15-25-28(19)20-9-7-8-12-24-20)21(29)27-13-10-17(11-14-27)16-26(5)22(30)31-23(2,3)4/h7-9,12,15,17H,6,10-11,13-14,16H2,1-5H3. The summed E-state index contributed by atoms with van der Waals surface area (Å²) in [6, 6.07) is 5.65. The SMILES string of the molecule is CCc1c(C(=O)N2CCC(CN(C)C(=O)OC(C)(C)C)CC2)cnn1-c1ccccn1. The predicted octanol–water partition coefficient (Wildman–Crippen LogP) is 3.55. The van der Waals surface area contributed by atoms with Crippen molar-refractivity contribution < 1.29 is 14.3 Å². The van der Waals surface area contributed by atoms with Crippen molar-refractivity contribution in [1.29, 1.82) is 0 Å². The Morgan fingerprint density at radius 3 is 2.52 bits per heavy atom. The molecule has 0 aliphatic carbocycles. The zero-order chi connectivity index (χ0) is 22.6. The van der Waals surface area contributed by atoms with Crippen LogP contribution >= 0.6 is 0 Å². The van der Waals surface area contributed by atoms with Gasteiger partial charge >= 0.3 is 6.09 Å². The maximum atomic E-state index is 13.2. The molecule has 1 aliphatic rings. The number of piperidine rings is 1. The Labute approximate surface area is 184 Å². The minimum absolute atomic E-state index is 0.0120. The van der Waals surface area contributed by atoms with Gasteiger partial charge in [0.1, 0.15) is 5.60 Å². The Morgan fingerprint density at radius 1 is 1.23 bits per heavy atom. The van der Waals surface area contributed by atoms with Crippen molar-refractivity contribution in [1.82, 2.24) is 24.6 Å². The van der Waals surface area contributed by atoms with Crippen molar-refractivity contribution in [2.45, 2.75) is 52.6 Å². The van der Waals surface area contributed by atoms with Gasteiger partial charge in [-0.05, 0) is 58.1 Å². The second-order valence-electron chi connectivity index (χ2n) is 9.05. The van der Waals surface area contributed by atoms with Crippen LogP contribution in [0.25, 0.3) is 5.82 Å². The fourth-order valence-corrected chi connectivity index (χ4v) is 3.86. The molecule has 0 radical (unpaired) electrons. The van der Waals surface area contributed by atoms with Crippen molar-refractivity contribution in [3.63, 3.8) is 0 Å². The molecule has 2 aromatic heterocycles. The summed E-state index contributed by atoms with van der Waals surface area (Å²) in [6.45, 7) is 9.59. The second-order valence-corrected chi connectivity index (χ2v) is 9.05. The molecule has 0 saturated carbocycles. The van der Waals surface area contributed by atoms with E-state index in [4.69, 9.17) is 4.74 Å². The molecule has 0 aromatic carbocycles. The van der Waals surface area contributed by atoms with Crippen LogP contribution in [-0.4, -0.2) is 68.8 Å². The van der Waals surface area contributed by atoms with Gasteiger partial charge in [0.15, 0.2) is 5.82 Å². The lowest BCUT2D eigenvalue weighted by Crippen LogP contribution is -2.43. The summed E-state index contributed by atoms with van der Waals surface area (Å²) < 4.78 is 7.18. The highest BCUT2D eigenvalue weighted by molar-refractivity contribution is 5.95. The number of amides is 2. The van der Waals surface area contributed by atoms with Crippen LogP contribution < -0.4 is 0 Å². The number of pyridine rings is 1. The summed E-state index contributed by atoms with van der Waals surface area (Å²) >= 11 is 0. The molecule has 0 unspecified atom stereocenters. The summed E-state index contributed by atoms with van der Waals surface area (Å²) in [6.07, 6.45) is 5.47. The van der Waals surface area contributed by atoms with Gasteiger partial charge in [-0.2, -0.15) is 5.10 Å². The topological polar surface area (TPSA) is 80.6 Å². The summed E-state index contributed by atoms with van der Waals surface area (Å²) in [5, 5.41) is 4.42. The fourth-order valence-electron chi connectivity index (χ4n) is 3.86. The average Bonchev–Trinajstić information content (AvgIpc) is 3.17. The summed E-state index contributed by atoms with van der Waals surface area (Å²) in [7, 11) is 1.77. The van der Waals surface area contributed by atoms with E-state index in [9.17, 15) is 9.59 Å². The van der Waals surface area contributed by atoms with Gasteiger partial charge < -0.3 is 14.5 Å². The van der Waals surface area contributed by atoms with Gasteiger partial charge in [0.2, 0.25) is 0 Å². The lowest BCUT2D eigenvalue weighted by Gasteiger charge is -2.34. The number of carbonyl (C=O) groups is 2. The molecule has 2 aromatic rings. The Morgan fingerprint density at radius 2 is 1.94 bits per heavy atom. The van der Waals surface area contributed by atoms with E-state index in [0.29, 0.717) is 43.4 Å². The van der Waals surface area contributed by atoms with Gasteiger partial charge in [0.25, 0.3) is 5.91 Å². The minimum Gasteiger partial charge on any atom is -0.444 e. The summed E-state index contributed by atoms with van der Waals surface area (Å²) in [5.74, 6) is 1.07. The zero-order valence-corrected chi connectivity index (χ0v) is 19.2. The number of hydrogen-bond donors (Lipinski definition) is 0. The highest BCUT2D eigenvalue weighted by Crippen LogP contribution is 2.23. The van der Waals surface area contributed by atoms with Gasteiger partial charge in [-0.15, -0.1) is 0 Å². The van der Waals surface area contributed by atoms with Gasteiger partial charge in [0, 0.05) is 32.9 Å². The number of likely N-dealkylation sites (tertiary alicyclic amines) is 1. The van der Waals surface area contributed by atoms with E-state index in [1.807, 2.05) is 50.8 Å². The number of carbonyl (C=O) groups excluding carboxylic acids is 2. The van der Waals surface area contributed by atoms with Crippen molar-refractivity contribution in [2.75, 3.05) is 26.7 Å². The second kappa shape index (κ2) is 9.49. The molecule has 8 heteroatoms. The molecule has 8 nitrogen and oxygen atoms in total. The van der Waals surface area contributed by atoms with E-state index in [0.717, 1.165) is 18.5 Å². The quantitative estimate of drug-likeness (QED) is 0.729. The van der Waals surface area contributed by atoms with Crippen LogP contribution in [0.5, 0.6) is 0 Å². The maximum absolute atomic E-state index is 13.2. The molecule has 0 spiro atoms. The third-order valence-corrected chi connectivity index (χ3v) is 5.44. The molecule has 1 saturated heterocycles. The first-order valence-electron chi connectivity index (χ1n) is 10.9. The number of aromatic nitrogens is 3. The first-order valence-corrected chi connectivity index (χ1v) is 10.9. The van der Waals surface area contributed by atoms with Crippen LogP contribution in [0.1, 0.15) is 56.6 Å². The molecule has 3 rings (SSSR count). The first-order chi connectivity index (χ1) is 14.7. The van der Waals surface area contributed by atoms with Crippen molar-refractivity contribution >= 4 is 12.0 Å². The monoisotopic (exact) mass is 427 g/mol. The molecule has 1 aliphatic heterocycles. The molecule has 1 fully saturated rings. The lowest BCUT2D eigenvalue weighted by molar-refractivity contribution is 0.0246. The van der Waals surface area contributed by atoms with Gasteiger partial charge in [-0.3, -0.25) is 4.79 Å². The van der Waals surface area contributed by atoms with E-state index >= 15 is 0 Å². The van der Waals surface area contributed by atoms with Crippen LogP contribution in [0.15, 0.2) is 30.6 Å². The Bertz CT molecular complexity index is 896. The lowest BCUT2D eigenvalue weighted by atomic mass is 9.96. The smallest absolute Gasteiger partial charge is 0.410 e. The normalized spacial score (nSPS) is 15.1. The number of nitrogens with zero attached hydrogens (tertiary/aromatic N) is 5. The van der Waals surface area contributed by atoms with Crippen LogP contribution in [-0.2, 0) is 11.2 Å². The van der Waals surface area contributed by atoms with Crippen LogP contribution in [0.3, 0.4) is 0 Å². The van der Waals surface area contributed by atoms with E-state index in [1.54, 1.807) is 29.0 Å². The Hall–Kier alpha value is -2.90. The molecular formula is C23H33N5O3. The minimum atomic E-state index is -0.502. The van der Waals surface area contributed by atoms with Crippen LogP contribution in [0, 0.1) is 5.92 Å². The number of ether oxygens (including phenoxy) is 1. The molecule has 168 valence electrons. The summed E-state index contributed by atoms with van der Waals surface area (Å²) in [4.78, 5) is 33.3. The van der Waals surface area contributed by atoms with E-state index in [-0.39, 0.29) is 12.0 Å². The molecule has 0 atom stereocenters. The third-order valence-electron chi connectivity index (χ3n) is 5.44. The molecule has 0 N–H and O–H groups in total. The van der Waals surface area contributed by atoms with E-state index in [1.165, 1.54) is 0 Å². The van der Waals surface area contributed by atoms with Gasteiger partial charge in [-0.1, -0.05) is 13.0 Å². The number of rotatable bonds is 5. The van der Waals surface area contributed by atoms with Crippen LogP contribution in [0.2, 0.25) is 0 Å².